The second-order valence-electron chi connectivity index (χ2n) is 7.86. The Morgan fingerprint density at radius 3 is 2.10 bits per heavy atom. The van der Waals surface area contributed by atoms with Gasteiger partial charge in [0.25, 0.3) is 0 Å². The van der Waals surface area contributed by atoms with Gasteiger partial charge in [0, 0.05) is 5.56 Å². The molecule has 0 bridgehead atoms. The molecule has 0 aliphatic heterocycles. The number of carbonyl (C=O) groups is 1. The van der Waals surface area contributed by atoms with Crippen molar-refractivity contribution in [3.8, 4) is 33.4 Å². The molecule has 154 valence electrons. The van der Waals surface area contributed by atoms with Crippen LogP contribution in [-0.4, -0.2) is 11.1 Å². The van der Waals surface area contributed by atoms with Crippen LogP contribution in [0.1, 0.15) is 27.0 Å². The fourth-order valence-corrected chi connectivity index (χ4v) is 4.32. The van der Waals surface area contributed by atoms with Crippen molar-refractivity contribution in [2.45, 2.75) is 20.8 Å². The molecule has 0 saturated heterocycles. The van der Waals surface area contributed by atoms with Crippen LogP contribution >= 0.6 is 11.6 Å². The number of benzene rings is 4. The third-order valence-corrected chi connectivity index (χ3v) is 6.15. The highest BCUT2D eigenvalue weighted by Crippen LogP contribution is 2.44. The molecule has 31 heavy (non-hydrogen) atoms. The van der Waals surface area contributed by atoms with E-state index in [4.69, 9.17) is 11.6 Å². The summed E-state index contributed by atoms with van der Waals surface area (Å²) < 4.78 is 0. The highest BCUT2D eigenvalue weighted by Gasteiger charge is 2.19. The van der Waals surface area contributed by atoms with Gasteiger partial charge in [-0.1, -0.05) is 77.8 Å². The van der Waals surface area contributed by atoms with Crippen molar-refractivity contribution in [3.05, 3.63) is 106 Å². The van der Waals surface area contributed by atoms with E-state index in [1.54, 1.807) is 18.2 Å². The summed E-state index contributed by atoms with van der Waals surface area (Å²) in [6, 6.07) is 25.7. The topological polar surface area (TPSA) is 37.3 Å². The number of aromatic carboxylic acids is 1. The number of aryl methyl sites for hydroxylation is 2. The van der Waals surface area contributed by atoms with Crippen molar-refractivity contribution < 1.29 is 9.90 Å². The van der Waals surface area contributed by atoms with Gasteiger partial charge in [-0.25, -0.2) is 4.79 Å². The first-order valence-electron chi connectivity index (χ1n) is 10.2. The molecule has 0 amide bonds. The zero-order valence-electron chi connectivity index (χ0n) is 17.7. The van der Waals surface area contributed by atoms with Crippen molar-refractivity contribution in [2.24, 2.45) is 0 Å². The van der Waals surface area contributed by atoms with Gasteiger partial charge in [-0.15, -0.1) is 0 Å². The maximum Gasteiger partial charge on any atom is 0.335 e. The normalized spacial score (nSPS) is 10.8. The lowest BCUT2D eigenvalue weighted by Gasteiger charge is -2.20. The van der Waals surface area contributed by atoms with Gasteiger partial charge in [-0.3, -0.25) is 0 Å². The van der Waals surface area contributed by atoms with E-state index in [1.807, 2.05) is 25.1 Å². The molecule has 0 fully saturated rings. The Labute approximate surface area is 187 Å². The largest absolute Gasteiger partial charge is 0.478 e. The van der Waals surface area contributed by atoms with Crippen LogP contribution in [0.4, 0.5) is 0 Å². The molecule has 1 N–H and O–H groups in total. The zero-order chi connectivity index (χ0) is 22.1. The second kappa shape index (κ2) is 8.41. The van der Waals surface area contributed by atoms with Crippen molar-refractivity contribution in [1.29, 1.82) is 0 Å². The minimum atomic E-state index is -0.954. The number of carboxylic acid groups (broad SMARTS) is 1. The lowest BCUT2D eigenvalue weighted by molar-refractivity contribution is 0.0697. The van der Waals surface area contributed by atoms with E-state index >= 15 is 0 Å². The standard InChI is InChI=1S/C28H23ClO2/c1-17-8-6-10-20(14-17)24-16-25(21-11-7-12-22(15-21)28(30)31)27(29)19(3)26(24)23-13-5-4-9-18(23)2/h4-16H,1-3H3,(H,30,31). The maximum absolute atomic E-state index is 11.5. The van der Waals surface area contributed by atoms with Crippen LogP contribution in [-0.2, 0) is 0 Å². The van der Waals surface area contributed by atoms with E-state index in [1.165, 1.54) is 11.1 Å². The van der Waals surface area contributed by atoms with E-state index in [0.717, 1.165) is 38.9 Å². The third-order valence-electron chi connectivity index (χ3n) is 5.66. The van der Waals surface area contributed by atoms with Crippen molar-refractivity contribution in [2.75, 3.05) is 0 Å². The molecule has 0 unspecified atom stereocenters. The Kier molecular flexibility index (Phi) is 5.67. The highest BCUT2D eigenvalue weighted by molar-refractivity contribution is 6.35. The molecule has 4 aromatic carbocycles. The first-order valence-corrected chi connectivity index (χ1v) is 10.5. The number of halogens is 1. The smallest absolute Gasteiger partial charge is 0.335 e. The van der Waals surface area contributed by atoms with Crippen LogP contribution in [0, 0.1) is 20.8 Å². The van der Waals surface area contributed by atoms with E-state index < -0.39 is 5.97 Å². The molecule has 0 radical (unpaired) electrons. The van der Waals surface area contributed by atoms with Gasteiger partial charge in [0.05, 0.1) is 10.6 Å². The van der Waals surface area contributed by atoms with Gasteiger partial charge >= 0.3 is 5.97 Å². The van der Waals surface area contributed by atoms with E-state index in [-0.39, 0.29) is 5.56 Å². The Bertz CT molecular complexity index is 1300. The van der Waals surface area contributed by atoms with Gasteiger partial charge in [0.2, 0.25) is 0 Å². The van der Waals surface area contributed by atoms with Gasteiger partial charge in [-0.05, 0) is 77.9 Å². The van der Waals surface area contributed by atoms with Crippen LogP contribution in [0.3, 0.4) is 0 Å². The van der Waals surface area contributed by atoms with Crippen LogP contribution in [0.5, 0.6) is 0 Å². The molecule has 0 spiro atoms. The van der Waals surface area contributed by atoms with Gasteiger partial charge < -0.3 is 5.11 Å². The number of hydrogen-bond acceptors (Lipinski definition) is 1. The summed E-state index contributed by atoms with van der Waals surface area (Å²) in [5, 5.41) is 10.1. The Hall–Kier alpha value is -3.36. The number of carboxylic acids is 1. The molecule has 4 rings (SSSR count). The van der Waals surface area contributed by atoms with Crippen LogP contribution in [0.15, 0.2) is 78.9 Å². The predicted octanol–water partition coefficient (Wildman–Crippen LogP) is 7.96. The Morgan fingerprint density at radius 2 is 1.42 bits per heavy atom. The Balaban J connectivity index is 2.06. The number of hydrogen-bond donors (Lipinski definition) is 1. The zero-order valence-corrected chi connectivity index (χ0v) is 18.5. The summed E-state index contributed by atoms with van der Waals surface area (Å²) >= 11 is 6.91. The van der Waals surface area contributed by atoms with Crippen LogP contribution in [0.25, 0.3) is 33.4 Å². The summed E-state index contributed by atoms with van der Waals surface area (Å²) in [5.74, 6) is -0.954. The molecule has 0 atom stereocenters. The summed E-state index contributed by atoms with van der Waals surface area (Å²) in [6.45, 7) is 6.22. The molecule has 0 aromatic heterocycles. The van der Waals surface area contributed by atoms with Crippen LogP contribution in [0.2, 0.25) is 5.02 Å². The number of rotatable bonds is 4. The predicted molar refractivity (Wildman–Crippen MR) is 129 cm³/mol. The van der Waals surface area contributed by atoms with Gasteiger partial charge in [-0.2, -0.15) is 0 Å². The maximum atomic E-state index is 11.5. The first kappa shape index (κ1) is 20.9. The molecule has 0 heterocycles. The quantitative estimate of drug-likeness (QED) is 0.359. The molecule has 0 aliphatic carbocycles. The van der Waals surface area contributed by atoms with Crippen molar-refractivity contribution in [1.82, 2.24) is 0 Å². The molecule has 2 nitrogen and oxygen atoms in total. The first-order chi connectivity index (χ1) is 14.9. The molecule has 3 heteroatoms. The lowest BCUT2D eigenvalue weighted by atomic mass is 9.85. The minimum absolute atomic E-state index is 0.242. The summed E-state index contributed by atoms with van der Waals surface area (Å²) in [7, 11) is 0. The molecular weight excluding hydrogens is 404 g/mol. The summed E-state index contributed by atoms with van der Waals surface area (Å²) in [4.78, 5) is 11.5. The summed E-state index contributed by atoms with van der Waals surface area (Å²) in [5.41, 5.74) is 9.62. The second-order valence-corrected chi connectivity index (χ2v) is 8.23. The molecular formula is C28H23ClO2. The average molecular weight is 427 g/mol. The molecule has 0 saturated carbocycles. The summed E-state index contributed by atoms with van der Waals surface area (Å²) in [6.07, 6.45) is 0. The SMILES string of the molecule is Cc1cccc(-c2cc(-c3cccc(C(=O)O)c3)c(Cl)c(C)c2-c2ccccc2C)c1. The minimum Gasteiger partial charge on any atom is -0.478 e. The van der Waals surface area contributed by atoms with Crippen LogP contribution < -0.4 is 0 Å². The molecule has 0 aliphatic rings. The van der Waals surface area contributed by atoms with E-state index in [2.05, 4.69) is 56.3 Å². The molecule has 4 aromatic rings. The highest BCUT2D eigenvalue weighted by atomic mass is 35.5. The van der Waals surface area contributed by atoms with E-state index in [0.29, 0.717) is 5.02 Å². The van der Waals surface area contributed by atoms with Gasteiger partial charge in [0.1, 0.15) is 0 Å². The van der Waals surface area contributed by atoms with Crippen molar-refractivity contribution in [3.63, 3.8) is 0 Å². The third kappa shape index (κ3) is 3.99. The fourth-order valence-electron chi connectivity index (χ4n) is 4.06. The average Bonchev–Trinajstić information content (AvgIpc) is 2.76. The van der Waals surface area contributed by atoms with Gasteiger partial charge in [0.15, 0.2) is 0 Å². The lowest BCUT2D eigenvalue weighted by Crippen LogP contribution is -1.98. The Morgan fingerprint density at radius 1 is 0.742 bits per heavy atom. The van der Waals surface area contributed by atoms with Crippen molar-refractivity contribution >= 4 is 17.6 Å². The monoisotopic (exact) mass is 426 g/mol. The fraction of sp³-hybridized carbons (Fsp3) is 0.107. The van der Waals surface area contributed by atoms with E-state index in [9.17, 15) is 9.90 Å².